The second-order valence-corrected chi connectivity index (χ2v) is 6.70. The molecule has 2 amide bonds. The highest BCUT2D eigenvalue weighted by molar-refractivity contribution is 6.43. The zero-order valence-electron chi connectivity index (χ0n) is 15.4. The third kappa shape index (κ3) is 7.21. The Labute approximate surface area is 173 Å². The summed E-state index contributed by atoms with van der Waals surface area (Å²) in [5, 5.41) is 7.13. The Balaban J connectivity index is 1.65. The number of carbonyl (C=O) groups is 2. The summed E-state index contributed by atoms with van der Waals surface area (Å²) in [4.78, 5) is 23.6. The van der Waals surface area contributed by atoms with Gasteiger partial charge in [0, 0.05) is 12.0 Å². The maximum absolute atomic E-state index is 11.8. The van der Waals surface area contributed by atoms with Crippen molar-refractivity contribution in [3.05, 3.63) is 63.6 Å². The first-order valence-electron chi connectivity index (χ1n) is 8.65. The lowest BCUT2D eigenvalue weighted by molar-refractivity contribution is -0.126. The molecule has 148 valence electrons. The van der Waals surface area contributed by atoms with Crippen molar-refractivity contribution in [3.8, 4) is 5.75 Å². The van der Waals surface area contributed by atoms with Crippen molar-refractivity contribution in [2.45, 2.75) is 19.3 Å². The number of halogens is 2. The minimum absolute atomic E-state index is 0.151. The quantitative estimate of drug-likeness (QED) is 0.479. The molecule has 0 saturated carbocycles. The molecule has 0 unspecified atom stereocenters. The second-order valence-electron chi connectivity index (χ2n) is 5.91. The van der Waals surface area contributed by atoms with Crippen LogP contribution in [0.1, 0.15) is 24.0 Å². The summed E-state index contributed by atoms with van der Waals surface area (Å²) in [6.45, 7) is -0.151. The smallest absolute Gasteiger partial charge is 0.259 e. The van der Waals surface area contributed by atoms with Gasteiger partial charge in [-0.1, -0.05) is 47.5 Å². The minimum Gasteiger partial charge on any atom is -0.497 e. The molecule has 0 fully saturated rings. The number of benzene rings is 2. The van der Waals surface area contributed by atoms with Gasteiger partial charge in [0.15, 0.2) is 0 Å². The van der Waals surface area contributed by atoms with Gasteiger partial charge >= 0.3 is 0 Å². The molecule has 28 heavy (non-hydrogen) atoms. The average molecular weight is 422 g/mol. The molecule has 0 heterocycles. The van der Waals surface area contributed by atoms with E-state index in [-0.39, 0.29) is 12.5 Å². The number of nitrogens with zero attached hydrogens (tertiary/aromatic N) is 1. The van der Waals surface area contributed by atoms with Crippen molar-refractivity contribution < 1.29 is 14.3 Å². The highest BCUT2D eigenvalue weighted by Gasteiger charge is 2.06. The second kappa shape index (κ2) is 11.3. The van der Waals surface area contributed by atoms with E-state index in [1.54, 1.807) is 25.3 Å². The molecule has 2 aromatic rings. The van der Waals surface area contributed by atoms with E-state index in [4.69, 9.17) is 27.9 Å². The molecule has 0 bridgehead atoms. The SMILES string of the molecule is COc1ccc(CCCC(=O)NCC(=O)N/N=C/c2cccc(Cl)c2Cl)cc1. The van der Waals surface area contributed by atoms with Crippen LogP contribution < -0.4 is 15.5 Å². The Kier molecular flexibility index (Phi) is 8.78. The van der Waals surface area contributed by atoms with E-state index >= 15 is 0 Å². The number of rotatable bonds is 9. The Morgan fingerprint density at radius 3 is 2.57 bits per heavy atom. The maximum atomic E-state index is 11.8. The summed E-state index contributed by atoms with van der Waals surface area (Å²) in [6, 6.07) is 12.8. The van der Waals surface area contributed by atoms with E-state index in [0.717, 1.165) is 17.7 Å². The number of ether oxygens (including phenoxy) is 1. The lowest BCUT2D eigenvalue weighted by Gasteiger charge is -2.05. The van der Waals surface area contributed by atoms with E-state index in [9.17, 15) is 9.59 Å². The third-order valence-corrected chi connectivity index (χ3v) is 4.68. The third-order valence-electron chi connectivity index (χ3n) is 3.85. The van der Waals surface area contributed by atoms with Gasteiger partial charge in [0.25, 0.3) is 5.91 Å². The van der Waals surface area contributed by atoms with Crippen molar-refractivity contribution in [1.82, 2.24) is 10.7 Å². The number of hydrogen-bond acceptors (Lipinski definition) is 4. The van der Waals surface area contributed by atoms with Crippen molar-refractivity contribution in [2.75, 3.05) is 13.7 Å². The summed E-state index contributed by atoms with van der Waals surface area (Å²) in [5.41, 5.74) is 4.03. The standard InChI is InChI=1S/C20H21Cl2N3O3/c1-28-16-10-8-14(9-11-16)4-2-7-18(26)23-13-19(27)25-24-12-15-5-3-6-17(21)20(15)22/h3,5-6,8-12H,2,4,7,13H2,1H3,(H,23,26)(H,25,27)/b24-12+. The summed E-state index contributed by atoms with van der Waals surface area (Å²) in [7, 11) is 1.62. The highest BCUT2D eigenvalue weighted by atomic mass is 35.5. The van der Waals surface area contributed by atoms with Crippen LogP contribution in [-0.4, -0.2) is 31.7 Å². The predicted octanol–water partition coefficient (Wildman–Crippen LogP) is 3.59. The number of carbonyl (C=O) groups excluding carboxylic acids is 2. The lowest BCUT2D eigenvalue weighted by Crippen LogP contribution is -2.34. The van der Waals surface area contributed by atoms with Crippen LogP contribution in [0.5, 0.6) is 5.75 Å². The fraction of sp³-hybridized carbons (Fsp3) is 0.250. The van der Waals surface area contributed by atoms with Crippen LogP contribution in [0.25, 0.3) is 0 Å². The van der Waals surface area contributed by atoms with Gasteiger partial charge in [-0.3, -0.25) is 9.59 Å². The van der Waals surface area contributed by atoms with Gasteiger partial charge in [-0.2, -0.15) is 5.10 Å². The van der Waals surface area contributed by atoms with Crippen LogP contribution in [0.3, 0.4) is 0 Å². The Morgan fingerprint density at radius 2 is 1.86 bits per heavy atom. The molecule has 0 aliphatic carbocycles. The number of methoxy groups -OCH3 is 1. The number of aryl methyl sites for hydroxylation is 1. The molecule has 2 aromatic carbocycles. The van der Waals surface area contributed by atoms with Crippen molar-refractivity contribution >= 4 is 41.2 Å². The largest absolute Gasteiger partial charge is 0.497 e. The minimum atomic E-state index is -0.432. The van der Waals surface area contributed by atoms with Gasteiger partial charge in [0.05, 0.1) is 29.9 Å². The van der Waals surface area contributed by atoms with E-state index in [0.29, 0.717) is 28.5 Å². The summed E-state index contributed by atoms with van der Waals surface area (Å²) < 4.78 is 5.11. The normalized spacial score (nSPS) is 10.7. The Bertz CT molecular complexity index is 839. The van der Waals surface area contributed by atoms with Gasteiger partial charge in [0.1, 0.15) is 5.75 Å². The average Bonchev–Trinajstić information content (AvgIpc) is 2.70. The molecule has 2 rings (SSSR count). The monoisotopic (exact) mass is 421 g/mol. The Hall–Kier alpha value is -2.57. The van der Waals surface area contributed by atoms with Crippen LogP contribution in [0.2, 0.25) is 10.0 Å². The van der Waals surface area contributed by atoms with Crippen molar-refractivity contribution in [1.29, 1.82) is 0 Å². The van der Waals surface area contributed by atoms with E-state index < -0.39 is 5.91 Å². The molecule has 0 spiro atoms. The number of hydrazone groups is 1. The van der Waals surface area contributed by atoms with Crippen molar-refractivity contribution in [3.63, 3.8) is 0 Å². The fourth-order valence-electron chi connectivity index (χ4n) is 2.35. The molecule has 8 heteroatoms. The molecule has 0 atom stereocenters. The van der Waals surface area contributed by atoms with Gasteiger partial charge in [-0.05, 0) is 36.6 Å². The molecule has 0 saturated heterocycles. The summed E-state index contributed by atoms with van der Waals surface area (Å²) >= 11 is 11.9. The zero-order valence-corrected chi connectivity index (χ0v) is 16.9. The maximum Gasteiger partial charge on any atom is 0.259 e. The fourth-order valence-corrected chi connectivity index (χ4v) is 2.70. The van der Waals surface area contributed by atoms with E-state index in [1.165, 1.54) is 6.21 Å². The van der Waals surface area contributed by atoms with Gasteiger partial charge in [-0.25, -0.2) is 5.43 Å². The first-order chi connectivity index (χ1) is 13.5. The molecule has 0 aromatic heterocycles. The van der Waals surface area contributed by atoms with Crippen molar-refractivity contribution in [2.24, 2.45) is 5.10 Å². The van der Waals surface area contributed by atoms with Crippen LogP contribution >= 0.6 is 23.2 Å². The lowest BCUT2D eigenvalue weighted by atomic mass is 10.1. The molecule has 6 nitrogen and oxygen atoms in total. The first kappa shape index (κ1) is 21.7. The number of nitrogens with one attached hydrogen (secondary N) is 2. The van der Waals surface area contributed by atoms with Crippen LogP contribution in [-0.2, 0) is 16.0 Å². The molecule has 0 aliphatic heterocycles. The predicted molar refractivity (Wildman–Crippen MR) is 111 cm³/mol. The van der Waals surface area contributed by atoms with Crippen LogP contribution in [0.15, 0.2) is 47.6 Å². The number of hydrogen-bond donors (Lipinski definition) is 2. The molecule has 2 N–H and O–H groups in total. The number of amides is 2. The highest BCUT2D eigenvalue weighted by Crippen LogP contribution is 2.24. The van der Waals surface area contributed by atoms with Gasteiger partial charge < -0.3 is 10.1 Å². The summed E-state index contributed by atoms with van der Waals surface area (Å²) in [5.74, 6) is 0.177. The Morgan fingerprint density at radius 1 is 1.11 bits per heavy atom. The molecule has 0 radical (unpaired) electrons. The topological polar surface area (TPSA) is 79.8 Å². The van der Waals surface area contributed by atoms with E-state index in [1.807, 2.05) is 24.3 Å². The van der Waals surface area contributed by atoms with Gasteiger partial charge in [0.2, 0.25) is 5.91 Å². The molecular formula is C20H21Cl2N3O3. The van der Waals surface area contributed by atoms with Crippen LogP contribution in [0.4, 0.5) is 0 Å². The molecular weight excluding hydrogens is 401 g/mol. The van der Waals surface area contributed by atoms with Gasteiger partial charge in [-0.15, -0.1) is 0 Å². The van der Waals surface area contributed by atoms with E-state index in [2.05, 4.69) is 15.8 Å². The summed E-state index contributed by atoms with van der Waals surface area (Å²) in [6.07, 6.45) is 3.18. The first-order valence-corrected chi connectivity index (χ1v) is 9.40. The van der Waals surface area contributed by atoms with Crippen LogP contribution in [0, 0.1) is 0 Å². The molecule has 0 aliphatic rings. The zero-order chi connectivity index (χ0) is 20.4.